The van der Waals surface area contributed by atoms with E-state index in [2.05, 4.69) is 0 Å². The highest BCUT2D eigenvalue weighted by Crippen LogP contribution is 2.08. The lowest BCUT2D eigenvalue weighted by Crippen LogP contribution is -2.01. The third-order valence-corrected chi connectivity index (χ3v) is 2.86. The zero-order chi connectivity index (χ0) is 14.3. The van der Waals surface area contributed by atoms with Crippen LogP contribution in [-0.2, 0) is 14.3 Å². The van der Waals surface area contributed by atoms with Crippen molar-refractivity contribution in [2.24, 2.45) is 0 Å². The molecule has 0 atom stereocenters. The Bertz CT molecular complexity index is 216. The number of carboxylic acids is 2. The number of hydrogen-bond acceptors (Lipinski definition) is 3. The fourth-order valence-electron chi connectivity index (χ4n) is 1.79. The van der Waals surface area contributed by atoms with E-state index in [1.807, 2.05) is 0 Å². The van der Waals surface area contributed by atoms with Gasteiger partial charge in [0.1, 0.15) is 0 Å². The summed E-state index contributed by atoms with van der Waals surface area (Å²) >= 11 is 0. The van der Waals surface area contributed by atoms with Crippen LogP contribution >= 0.6 is 0 Å². The minimum atomic E-state index is -0.772. The Balaban J connectivity index is 2.99. The first-order valence-electron chi connectivity index (χ1n) is 7.14. The molecule has 5 nitrogen and oxygen atoms in total. The van der Waals surface area contributed by atoms with Gasteiger partial charge >= 0.3 is 11.9 Å². The highest BCUT2D eigenvalue weighted by Gasteiger charge is 1.98. The average Bonchev–Trinajstić information content (AvgIpc) is 2.34. The number of unbranched alkanes of at least 4 members (excludes halogenated alkanes) is 6. The highest BCUT2D eigenvalue weighted by molar-refractivity contribution is 5.66. The van der Waals surface area contributed by atoms with Crippen LogP contribution in [0.25, 0.3) is 0 Å². The monoisotopic (exact) mass is 274 g/mol. The first kappa shape index (κ1) is 17.9. The first-order chi connectivity index (χ1) is 9.13. The topological polar surface area (TPSA) is 83.8 Å². The summed E-state index contributed by atoms with van der Waals surface area (Å²) in [5.74, 6) is -1.48. The van der Waals surface area contributed by atoms with Crippen molar-refractivity contribution in [2.75, 3.05) is 13.2 Å². The van der Waals surface area contributed by atoms with Gasteiger partial charge in [0.15, 0.2) is 0 Å². The summed E-state index contributed by atoms with van der Waals surface area (Å²) in [5, 5.41) is 16.9. The minimum absolute atomic E-state index is 0.177. The minimum Gasteiger partial charge on any atom is -0.481 e. The summed E-state index contributed by atoms with van der Waals surface area (Å²) in [7, 11) is 0. The Morgan fingerprint density at radius 2 is 1.05 bits per heavy atom. The van der Waals surface area contributed by atoms with Gasteiger partial charge in [-0.1, -0.05) is 32.1 Å². The molecular weight excluding hydrogens is 248 g/mol. The van der Waals surface area contributed by atoms with Gasteiger partial charge in [-0.05, 0) is 19.3 Å². The second-order valence-corrected chi connectivity index (χ2v) is 4.73. The Hall–Kier alpha value is -1.10. The number of ether oxygens (including phenoxy) is 1. The molecule has 112 valence electrons. The lowest BCUT2D eigenvalue weighted by Gasteiger charge is -2.03. The third-order valence-electron chi connectivity index (χ3n) is 2.86. The van der Waals surface area contributed by atoms with Crippen molar-refractivity contribution >= 4 is 11.9 Å². The summed E-state index contributed by atoms with van der Waals surface area (Å²) < 4.78 is 5.33. The highest BCUT2D eigenvalue weighted by atomic mass is 16.5. The summed E-state index contributed by atoms with van der Waals surface area (Å²) in [4.78, 5) is 20.5. The van der Waals surface area contributed by atoms with Crippen LogP contribution in [-0.4, -0.2) is 35.4 Å². The zero-order valence-electron chi connectivity index (χ0n) is 11.6. The van der Waals surface area contributed by atoms with Crippen molar-refractivity contribution in [3.05, 3.63) is 0 Å². The molecule has 0 aromatic heterocycles. The number of hydrogen-bond donors (Lipinski definition) is 2. The quantitative estimate of drug-likeness (QED) is 0.475. The standard InChI is InChI=1S/C14H26O5/c15-13(16)9-6-4-2-1-3-5-7-11-19-12-8-10-14(17)18/h1-12H2,(H,15,16)(H,17,18). The van der Waals surface area contributed by atoms with Gasteiger partial charge in [-0.2, -0.15) is 0 Å². The van der Waals surface area contributed by atoms with E-state index in [9.17, 15) is 9.59 Å². The van der Waals surface area contributed by atoms with E-state index in [1.165, 1.54) is 0 Å². The van der Waals surface area contributed by atoms with Crippen molar-refractivity contribution in [3.8, 4) is 0 Å². The zero-order valence-corrected chi connectivity index (χ0v) is 11.6. The van der Waals surface area contributed by atoms with Gasteiger partial charge in [0, 0.05) is 26.1 Å². The van der Waals surface area contributed by atoms with Crippen LogP contribution in [0.1, 0.15) is 64.2 Å². The number of carboxylic acid groups (broad SMARTS) is 2. The van der Waals surface area contributed by atoms with E-state index < -0.39 is 11.9 Å². The van der Waals surface area contributed by atoms with Crippen LogP contribution < -0.4 is 0 Å². The molecule has 0 saturated heterocycles. The molecule has 0 aromatic carbocycles. The van der Waals surface area contributed by atoms with Gasteiger partial charge in [-0.3, -0.25) is 9.59 Å². The molecule has 2 N–H and O–H groups in total. The molecule has 0 unspecified atom stereocenters. The Morgan fingerprint density at radius 3 is 1.63 bits per heavy atom. The van der Waals surface area contributed by atoms with E-state index in [1.54, 1.807) is 0 Å². The number of rotatable bonds is 14. The van der Waals surface area contributed by atoms with Gasteiger partial charge < -0.3 is 14.9 Å². The molecule has 0 bridgehead atoms. The predicted octanol–water partition coefficient (Wildman–Crippen LogP) is 3.07. The summed E-state index contributed by atoms with van der Waals surface area (Å²) in [6.07, 6.45) is 8.37. The van der Waals surface area contributed by atoms with Gasteiger partial charge in [-0.15, -0.1) is 0 Å². The van der Waals surface area contributed by atoms with Gasteiger partial charge in [-0.25, -0.2) is 0 Å². The molecule has 0 heterocycles. The molecule has 5 heteroatoms. The normalized spacial score (nSPS) is 10.5. The molecule has 0 fully saturated rings. The third kappa shape index (κ3) is 16.9. The number of aliphatic carboxylic acids is 2. The summed E-state index contributed by atoms with van der Waals surface area (Å²) in [6, 6.07) is 0. The van der Waals surface area contributed by atoms with Crippen molar-refractivity contribution in [3.63, 3.8) is 0 Å². The Morgan fingerprint density at radius 1 is 0.632 bits per heavy atom. The lowest BCUT2D eigenvalue weighted by molar-refractivity contribution is -0.138. The average molecular weight is 274 g/mol. The van der Waals surface area contributed by atoms with Crippen molar-refractivity contribution in [1.82, 2.24) is 0 Å². The maximum Gasteiger partial charge on any atom is 0.303 e. The van der Waals surface area contributed by atoms with E-state index in [4.69, 9.17) is 14.9 Å². The van der Waals surface area contributed by atoms with Crippen LogP contribution in [0.5, 0.6) is 0 Å². The van der Waals surface area contributed by atoms with E-state index in [0.29, 0.717) is 19.6 Å². The largest absolute Gasteiger partial charge is 0.481 e. The molecule has 0 radical (unpaired) electrons. The van der Waals surface area contributed by atoms with Crippen molar-refractivity contribution in [2.45, 2.75) is 64.2 Å². The fourth-order valence-corrected chi connectivity index (χ4v) is 1.79. The molecule has 0 aliphatic rings. The smallest absolute Gasteiger partial charge is 0.303 e. The molecule has 0 aromatic rings. The lowest BCUT2D eigenvalue weighted by atomic mass is 10.1. The maximum atomic E-state index is 10.3. The van der Waals surface area contributed by atoms with Crippen LogP contribution in [0.15, 0.2) is 0 Å². The van der Waals surface area contributed by atoms with Gasteiger partial charge in [0.2, 0.25) is 0 Å². The van der Waals surface area contributed by atoms with Gasteiger partial charge in [0.05, 0.1) is 0 Å². The summed E-state index contributed by atoms with van der Waals surface area (Å²) in [5.41, 5.74) is 0. The molecule has 0 rings (SSSR count). The van der Waals surface area contributed by atoms with Gasteiger partial charge in [0.25, 0.3) is 0 Å². The molecule has 19 heavy (non-hydrogen) atoms. The fraction of sp³-hybridized carbons (Fsp3) is 0.857. The second-order valence-electron chi connectivity index (χ2n) is 4.73. The van der Waals surface area contributed by atoms with Crippen LogP contribution in [0.2, 0.25) is 0 Å². The van der Waals surface area contributed by atoms with Crippen molar-refractivity contribution < 1.29 is 24.5 Å². The molecular formula is C14H26O5. The Labute approximate surface area is 115 Å². The van der Waals surface area contributed by atoms with E-state index >= 15 is 0 Å². The Kier molecular flexibility index (Phi) is 12.6. The van der Waals surface area contributed by atoms with Crippen LogP contribution in [0.3, 0.4) is 0 Å². The molecule has 0 saturated carbocycles. The second kappa shape index (κ2) is 13.3. The van der Waals surface area contributed by atoms with Crippen LogP contribution in [0.4, 0.5) is 0 Å². The first-order valence-corrected chi connectivity index (χ1v) is 7.14. The van der Waals surface area contributed by atoms with E-state index in [-0.39, 0.29) is 12.8 Å². The number of carbonyl (C=O) groups is 2. The SMILES string of the molecule is O=C(O)CCCCCCCCCOCCCC(=O)O. The van der Waals surface area contributed by atoms with Crippen molar-refractivity contribution in [1.29, 1.82) is 0 Å². The molecule has 0 aliphatic carbocycles. The van der Waals surface area contributed by atoms with E-state index in [0.717, 1.165) is 44.9 Å². The summed E-state index contributed by atoms with van der Waals surface area (Å²) in [6.45, 7) is 1.24. The maximum absolute atomic E-state index is 10.3. The molecule has 0 aliphatic heterocycles. The molecule has 0 spiro atoms. The molecule has 0 amide bonds. The van der Waals surface area contributed by atoms with Crippen LogP contribution in [0, 0.1) is 0 Å². The predicted molar refractivity (Wildman–Crippen MR) is 72.3 cm³/mol.